The number of hydrogen-bond donors (Lipinski definition) is 0. The molecule has 1 heteroatoms. The zero-order valence-electron chi connectivity index (χ0n) is 8.36. The van der Waals surface area contributed by atoms with E-state index in [1.165, 1.54) is 23.3 Å². The Labute approximate surface area is 89.4 Å². The molecule has 0 saturated heterocycles. The highest BCUT2D eigenvalue weighted by atomic mass is 32.2. The minimum atomic E-state index is 0.723. The molecule has 0 spiro atoms. The van der Waals surface area contributed by atoms with E-state index in [1.807, 2.05) is 11.8 Å². The number of benzene rings is 1. The molecule has 0 fully saturated rings. The predicted molar refractivity (Wildman–Crippen MR) is 61.9 cm³/mol. The summed E-state index contributed by atoms with van der Waals surface area (Å²) in [6.45, 7) is 2.18. The van der Waals surface area contributed by atoms with E-state index >= 15 is 0 Å². The SMILES string of the molecule is Cc1ccc2c(c1)SC1C=CCC[C@@H]21. The lowest BCUT2D eigenvalue weighted by atomic mass is 9.87. The van der Waals surface area contributed by atoms with Crippen LogP contribution in [0.5, 0.6) is 0 Å². The summed E-state index contributed by atoms with van der Waals surface area (Å²) in [7, 11) is 0. The summed E-state index contributed by atoms with van der Waals surface area (Å²) in [6, 6.07) is 6.92. The van der Waals surface area contributed by atoms with Crippen LogP contribution in [0.25, 0.3) is 0 Å². The maximum atomic E-state index is 2.40. The van der Waals surface area contributed by atoms with Crippen molar-refractivity contribution in [2.24, 2.45) is 0 Å². The van der Waals surface area contributed by atoms with Crippen LogP contribution in [0.4, 0.5) is 0 Å². The van der Waals surface area contributed by atoms with Gasteiger partial charge in [-0.2, -0.15) is 0 Å². The normalized spacial score (nSPS) is 28.6. The van der Waals surface area contributed by atoms with Gasteiger partial charge in [0.1, 0.15) is 0 Å². The molecule has 1 heterocycles. The van der Waals surface area contributed by atoms with Crippen LogP contribution >= 0.6 is 11.8 Å². The average molecular weight is 202 g/mol. The van der Waals surface area contributed by atoms with Gasteiger partial charge in [-0.25, -0.2) is 0 Å². The topological polar surface area (TPSA) is 0 Å². The molecule has 0 aromatic heterocycles. The van der Waals surface area contributed by atoms with E-state index in [-0.39, 0.29) is 0 Å². The molecule has 14 heavy (non-hydrogen) atoms. The molecule has 0 amide bonds. The molecule has 0 radical (unpaired) electrons. The zero-order valence-corrected chi connectivity index (χ0v) is 9.18. The van der Waals surface area contributed by atoms with Crippen LogP contribution in [0.2, 0.25) is 0 Å². The Morgan fingerprint density at radius 3 is 3.21 bits per heavy atom. The van der Waals surface area contributed by atoms with Crippen molar-refractivity contribution in [2.75, 3.05) is 0 Å². The summed E-state index contributed by atoms with van der Waals surface area (Å²) in [5.74, 6) is 0.792. The van der Waals surface area contributed by atoms with E-state index in [0.717, 1.165) is 11.2 Å². The Hall–Kier alpha value is -0.690. The molecule has 2 atom stereocenters. The number of fused-ring (bicyclic) bond motifs is 3. The summed E-state index contributed by atoms with van der Waals surface area (Å²) in [6.07, 6.45) is 7.33. The third-order valence-corrected chi connectivity index (χ3v) is 4.56. The minimum Gasteiger partial charge on any atom is -0.118 e. The molecule has 1 aromatic rings. The molecular formula is C13H14S. The molecule has 1 aliphatic carbocycles. The Bertz CT molecular complexity index is 392. The summed E-state index contributed by atoms with van der Waals surface area (Å²) in [5, 5.41) is 0.723. The molecule has 1 aromatic carbocycles. The fraction of sp³-hybridized carbons (Fsp3) is 0.385. The minimum absolute atomic E-state index is 0.723. The van der Waals surface area contributed by atoms with Gasteiger partial charge in [0.2, 0.25) is 0 Å². The molecule has 0 bridgehead atoms. The predicted octanol–water partition coefficient (Wildman–Crippen LogP) is 3.90. The van der Waals surface area contributed by atoms with Gasteiger partial charge in [0.05, 0.1) is 0 Å². The van der Waals surface area contributed by atoms with E-state index in [2.05, 4.69) is 37.3 Å². The monoisotopic (exact) mass is 202 g/mol. The number of hydrogen-bond acceptors (Lipinski definition) is 1. The van der Waals surface area contributed by atoms with E-state index in [1.54, 1.807) is 5.56 Å². The Kier molecular flexibility index (Phi) is 1.94. The van der Waals surface area contributed by atoms with Gasteiger partial charge >= 0.3 is 0 Å². The number of rotatable bonds is 0. The van der Waals surface area contributed by atoms with Gasteiger partial charge in [0.15, 0.2) is 0 Å². The number of aryl methyl sites for hydroxylation is 1. The average Bonchev–Trinajstić information content (AvgIpc) is 2.54. The Balaban J connectivity index is 2.06. The number of thioether (sulfide) groups is 1. The molecule has 0 N–H and O–H groups in total. The fourth-order valence-electron chi connectivity index (χ4n) is 2.45. The van der Waals surface area contributed by atoms with Crippen molar-refractivity contribution in [3.8, 4) is 0 Å². The van der Waals surface area contributed by atoms with Crippen LogP contribution in [-0.2, 0) is 0 Å². The molecule has 72 valence electrons. The van der Waals surface area contributed by atoms with E-state index < -0.39 is 0 Å². The van der Waals surface area contributed by atoms with Crippen LogP contribution in [0, 0.1) is 6.92 Å². The summed E-state index contributed by atoms with van der Waals surface area (Å²) in [5.41, 5.74) is 2.98. The fourth-order valence-corrected chi connectivity index (χ4v) is 3.99. The second-order valence-corrected chi connectivity index (χ2v) is 5.46. The van der Waals surface area contributed by atoms with E-state index in [4.69, 9.17) is 0 Å². The Morgan fingerprint density at radius 2 is 2.29 bits per heavy atom. The highest BCUT2D eigenvalue weighted by Crippen LogP contribution is 2.49. The molecule has 1 aliphatic heterocycles. The first kappa shape index (κ1) is 8.60. The van der Waals surface area contributed by atoms with Gasteiger partial charge in [0.25, 0.3) is 0 Å². The van der Waals surface area contributed by atoms with Crippen LogP contribution in [0.1, 0.15) is 29.9 Å². The summed E-state index contributed by atoms with van der Waals surface area (Å²) in [4.78, 5) is 1.52. The second kappa shape index (κ2) is 3.16. The van der Waals surface area contributed by atoms with Gasteiger partial charge in [-0.05, 0) is 37.0 Å². The van der Waals surface area contributed by atoms with Crippen molar-refractivity contribution < 1.29 is 0 Å². The van der Waals surface area contributed by atoms with Crippen LogP contribution in [0.15, 0.2) is 35.2 Å². The lowest BCUT2D eigenvalue weighted by Gasteiger charge is -2.19. The first-order chi connectivity index (χ1) is 6.84. The lowest BCUT2D eigenvalue weighted by molar-refractivity contribution is 0.633. The van der Waals surface area contributed by atoms with Crippen LogP contribution in [-0.4, -0.2) is 5.25 Å². The molecule has 0 saturated carbocycles. The molecule has 3 rings (SSSR count). The van der Waals surface area contributed by atoms with Crippen molar-refractivity contribution in [3.05, 3.63) is 41.5 Å². The molecule has 2 aliphatic rings. The third kappa shape index (κ3) is 1.23. The number of allylic oxidation sites excluding steroid dienone is 1. The quantitative estimate of drug-likeness (QED) is 0.575. The first-order valence-electron chi connectivity index (χ1n) is 5.28. The van der Waals surface area contributed by atoms with E-state index in [0.29, 0.717) is 0 Å². The Morgan fingerprint density at radius 1 is 1.36 bits per heavy atom. The van der Waals surface area contributed by atoms with Crippen LogP contribution < -0.4 is 0 Å². The maximum Gasteiger partial charge on any atom is 0.0343 e. The summed E-state index contributed by atoms with van der Waals surface area (Å²) < 4.78 is 0. The second-order valence-electron chi connectivity index (χ2n) is 4.24. The van der Waals surface area contributed by atoms with Crippen molar-refractivity contribution in [3.63, 3.8) is 0 Å². The van der Waals surface area contributed by atoms with Crippen molar-refractivity contribution in [2.45, 2.75) is 35.8 Å². The van der Waals surface area contributed by atoms with Gasteiger partial charge in [-0.15, -0.1) is 11.8 Å². The zero-order chi connectivity index (χ0) is 9.54. The standard InChI is InChI=1S/C13H14S/c1-9-6-7-11-10-4-2-3-5-12(10)14-13(11)8-9/h3,5-8,10,12H,2,4H2,1H3/t10-,12?/m0/s1. The highest BCUT2D eigenvalue weighted by molar-refractivity contribution is 8.00. The van der Waals surface area contributed by atoms with Crippen molar-refractivity contribution in [1.29, 1.82) is 0 Å². The third-order valence-electron chi connectivity index (χ3n) is 3.20. The van der Waals surface area contributed by atoms with Gasteiger partial charge in [0, 0.05) is 16.1 Å². The maximum absolute atomic E-state index is 2.40. The van der Waals surface area contributed by atoms with Crippen molar-refractivity contribution in [1.82, 2.24) is 0 Å². The van der Waals surface area contributed by atoms with Gasteiger partial charge in [-0.1, -0.05) is 24.3 Å². The van der Waals surface area contributed by atoms with Crippen molar-refractivity contribution >= 4 is 11.8 Å². The molecule has 1 unspecified atom stereocenters. The molecule has 0 nitrogen and oxygen atoms in total. The smallest absolute Gasteiger partial charge is 0.0343 e. The lowest BCUT2D eigenvalue weighted by Crippen LogP contribution is -2.10. The van der Waals surface area contributed by atoms with Crippen LogP contribution in [0.3, 0.4) is 0 Å². The first-order valence-corrected chi connectivity index (χ1v) is 6.16. The van der Waals surface area contributed by atoms with Gasteiger partial charge in [-0.3, -0.25) is 0 Å². The van der Waals surface area contributed by atoms with Gasteiger partial charge < -0.3 is 0 Å². The van der Waals surface area contributed by atoms with E-state index in [9.17, 15) is 0 Å². The largest absolute Gasteiger partial charge is 0.118 e. The highest BCUT2D eigenvalue weighted by Gasteiger charge is 2.32. The molecular weight excluding hydrogens is 188 g/mol. The summed E-state index contributed by atoms with van der Waals surface area (Å²) >= 11 is 2.05.